The SMILES string of the molecule is COc1cc(/C=C/C(=O)O[C@H]2[C@H](O)[C@@H](CO)O[C@@]2(COC(C)=O)O[C@H]2O[C@H](COC(C)=O)[C@@H](OC(C)=O)[C@H](O)[C@H]2OC(C)=O)ccc1O. The smallest absolute Gasteiger partial charge is 0.331 e. The van der Waals surface area contributed by atoms with Crippen LogP contribution in [0.2, 0.25) is 0 Å². The number of benzene rings is 1. The molecule has 3 rings (SSSR count). The average molecular weight is 687 g/mol. The number of hydrogen-bond acceptors (Lipinski definition) is 18. The zero-order valence-corrected chi connectivity index (χ0v) is 26.6. The van der Waals surface area contributed by atoms with Gasteiger partial charge in [0.2, 0.25) is 12.1 Å². The van der Waals surface area contributed by atoms with E-state index >= 15 is 0 Å². The lowest BCUT2D eigenvalue weighted by Gasteiger charge is -2.45. The van der Waals surface area contributed by atoms with Gasteiger partial charge in [-0.05, 0) is 23.8 Å². The van der Waals surface area contributed by atoms with E-state index in [9.17, 15) is 44.4 Å². The third-order valence-corrected chi connectivity index (χ3v) is 6.98. The maximum Gasteiger partial charge on any atom is 0.331 e. The van der Waals surface area contributed by atoms with Gasteiger partial charge in [-0.15, -0.1) is 0 Å². The van der Waals surface area contributed by atoms with Crippen molar-refractivity contribution >= 4 is 35.9 Å². The van der Waals surface area contributed by atoms with E-state index in [0.29, 0.717) is 5.56 Å². The molecule has 0 aliphatic carbocycles. The topological polar surface area (TPSA) is 249 Å². The van der Waals surface area contributed by atoms with Crippen LogP contribution >= 0.6 is 0 Å². The molecule has 2 heterocycles. The summed E-state index contributed by atoms with van der Waals surface area (Å²) in [6.45, 7) is 1.77. The van der Waals surface area contributed by atoms with Gasteiger partial charge in [0.1, 0.15) is 37.6 Å². The Morgan fingerprint density at radius 3 is 2.10 bits per heavy atom. The highest BCUT2D eigenvalue weighted by Gasteiger charge is 2.62. The number of rotatable bonds is 13. The lowest BCUT2D eigenvalue weighted by atomic mass is 9.98. The van der Waals surface area contributed by atoms with E-state index in [1.165, 1.54) is 31.4 Å². The molecule has 2 saturated heterocycles. The van der Waals surface area contributed by atoms with Crippen molar-refractivity contribution in [3.63, 3.8) is 0 Å². The fraction of sp³-hybridized carbons (Fsp3) is 0.567. The molecule has 18 heteroatoms. The van der Waals surface area contributed by atoms with Crippen molar-refractivity contribution < 1.29 is 87.0 Å². The first-order chi connectivity index (χ1) is 22.6. The highest BCUT2D eigenvalue weighted by Crippen LogP contribution is 2.39. The first-order valence-electron chi connectivity index (χ1n) is 14.5. The number of aromatic hydroxyl groups is 1. The lowest BCUT2D eigenvalue weighted by molar-refractivity contribution is -0.384. The van der Waals surface area contributed by atoms with Gasteiger partial charge in [-0.25, -0.2) is 4.79 Å². The molecule has 0 amide bonds. The summed E-state index contributed by atoms with van der Waals surface area (Å²) in [5, 5.41) is 42.1. The van der Waals surface area contributed by atoms with E-state index in [1.807, 2.05) is 0 Å². The standard InChI is InChI=1S/C30H38O18/c1-14(32)41-12-22-26(43-16(3)34)25(39)27(44-17(4)35)29(45-22)48-30(13-42-15(2)33)28(24(38)21(11-31)47-30)46-23(37)9-7-18-6-8-19(36)20(10-18)40-5/h6-10,21-22,24-29,31,36,38-39H,11-13H2,1-5H3/b9-7+/t21-,22-,24-,25+,26-,27-,28+,29-,30+/m1/s1. The van der Waals surface area contributed by atoms with Crippen LogP contribution in [0.3, 0.4) is 0 Å². The van der Waals surface area contributed by atoms with E-state index in [0.717, 1.165) is 33.8 Å². The number of aliphatic hydroxyl groups is 3. The molecule has 9 atom stereocenters. The van der Waals surface area contributed by atoms with Crippen LogP contribution in [-0.4, -0.2) is 132 Å². The summed E-state index contributed by atoms with van der Waals surface area (Å²) in [5.41, 5.74) is 0.399. The number of phenols is 1. The highest BCUT2D eigenvalue weighted by atomic mass is 16.8. The molecule has 2 fully saturated rings. The first-order valence-corrected chi connectivity index (χ1v) is 14.5. The van der Waals surface area contributed by atoms with Crippen molar-refractivity contribution in [2.75, 3.05) is 26.9 Å². The van der Waals surface area contributed by atoms with Crippen LogP contribution in [0.1, 0.15) is 33.3 Å². The average Bonchev–Trinajstić information content (AvgIpc) is 3.27. The summed E-state index contributed by atoms with van der Waals surface area (Å²) >= 11 is 0. The third-order valence-electron chi connectivity index (χ3n) is 6.98. The van der Waals surface area contributed by atoms with Crippen LogP contribution in [0, 0.1) is 0 Å². The first kappa shape index (κ1) is 38.1. The maximum atomic E-state index is 13.0. The second-order valence-electron chi connectivity index (χ2n) is 10.6. The zero-order valence-electron chi connectivity index (χ0n) is 26.6. The molecule has 1 aromatic rings. The van der Waals surface area contributed by atoms with Crippen molar-refractivity contribution in [2.45, 2.75) is 82.5 Å². The molecule has 2 aliphatic rings. The van der Waals surface area contributed by atoms with Gasteiger partial charge in [-0.1, -0.05) is 6.07 Å². The largest absolute Gasteiger partial charge is 0.504 e. The van der Waals surface area contributed by atoms with E-state index in [1.54, 1.807) is 0 Å². The fourth-order valence-electron chi connectivity index (χ4n) is 4.90. The molecule has 0 unspecified atom stereocenters. The summed E-state index contributed by atoms with van der Waals surface area (Å²) in [6, 6.07) is 4.20. The minimum absolute atomic E-state index is 0.115. The number of aliphatic hydroxyl groups excluding tert-OH is 3. The number of esters is 5. The van der Waals surface area contributed by atoms with Crippen molar-refractivity contribution in [3.05, 3.63) is 29.8 Å². The van der Waals surface area contributed by atoms with Crippen molar-refractivity contribution in [1.29, 1.82) is 0 Å². The van der Waals surface area contributed by atoms with Crippen LogP contribution < -0.4 is 4.74 Å². The predicted octanol–water partition coefficient (Wildman–Crippen LogP) is -1.13. The van der Waals surface area contributed by atoms with E-state index < -0.39 is 104 Å². The number of ether oxygens (including phenoxy) is 9. The quantitative estimate of drug-likeness (QED) is 0.109. The molecule has 0 radical (unpaired) electrons. The van der Waals surface area contributed by atoms with E-state index in [4.69, 9.17) is 42.6 Å². The number of carbonyl (C=O) groups is 5. The van der Waals surface area contributed by atoms with Crippen LogP contribution in [0.15, 0.2) is 24.3 Å². The minimum atomic E-state index is -2.49. The summed E-state index contributed by atoms with van der Waals surface area (Å²) in [7, 11) is 1.33. The molecule has 18 nitrogen and oxygen atoms in total. The Bertz CT molecular complexity index is 1360. The maximum absolute atomic E-state index is 13.0. The molecule has 2 aliphatic heterocycles. The summed E-state index contributed by atoms with van der Waals surface area (Å²) in [4.78, 5) is 60.4. The van der Waals surface area contributed by atoms with Crippen LogP contribution in [0.25, 0.3) is 6.08 Å². The second kappa shape index (κ2) is 16.7. The van der Waals surface area contributed by atoms with Gasteiger partial charge in [0.15, 0.2) is 29.8 Å². The minimum Gasteiger partial charge on any atom is -0.504 e. The molecule has 1 aromatic carbocycles. The third kappa shape index (κ3) is 9.61. The highest BCUT2D eigenvalue weighted by molar-refractivity contribution is 5.87. The van der Waals surface area contributed by atoms with Crippen molar-refractivity contribution in [1.82, 2.24) is 0 Å². The Hall–Kier alpha value is -4.33. The molecular weight excluding hydrogens is 648 g/mol. The fourth-order valence-corrected chi connectivity index (χ4v) is 4.90. The van der Waals surface area contributed by atoms with Crippen molar-refractivity contribution in [3.8, 4) is 11.5 Å². The molecule has 0 saturated carbocycles. The number of methoxy groups -OCH3 is 1. The zero-order chi connectivity index (χ0) is 35.8. The van der Waals surface area contributed by atoms with Crippen LogP contribution in [-0.2, 0) is 61.9 Å². The van der Waals surface area contributed by atoms with E-state index in [2.05, 4.69) is 0 Å². The Labute approximate surface area is 273 Å². The van der Waals surface area contributed by atoms with Crippen molar-refractivity contribution in [2.24, 2.45) is 0 Å². The summed E-state index contributed by atoms with van der Waals surface area (Å²) in [6.07, 6.45) is -11.6. The molecule has 48 heavy (non-hydrogen) atoms. The Balaban J connectivity index is 2.02. The molecular formula is C30H38O18. The number of hydrogen-bond donors (Lipinski definition) is 4. The van der Waals surface area contributed by atoms with Crippen LogP contribution in [0.5, 0.6) is 11.5 Å². The monoisotopic (exact) mass is 686 g/mol. The van der Waals surface area contributed by atoms with Gasteiger partial charge < -0.3 is 63.1 Å². The number of carbonyl (C=O) groups excluding carboxylic acids is 5. The van der Waals surface area contributed by atoms with Gasteiger partial charge in [0.05, 0.1) is 13.7 Å². The molecule has 0 aromatic heterocycles. The Kier molecular flexibility index (Phi) is 13.2. The molecule has 4 N–H and O–H groups in total. The molecule has 0 bridgehead atoms. The van der Waals surface area contributed by atoms with Gasteiger partial charge in [-0.2, -0.15) is 0 Å². The molecule has 266 valence electrons. The van der Waals surface area contributed by atoms with Gasteiger partial charge >= 0.3 is 29.8 Å². The molecule has 0 spiro atoms. The Morgan fingerprint density at radius 1 is 0.875 bits per heavy atom. The summed E-state index contributed by atoms with van der Waals surface area (Å²) in [5.74, 6) is -7.09. The normalized spacial score (nSPS) is 29.9. The van der Waals surface area contributed by atoms with Gasteiger partial charge in [0, 0.05) is 33.8 Å². The van der Waals surface area contributed by atoms with Gasteiger partial charge in [-0.3, -0.25) is 19.2 Å². The lowest BCUT2D eigenvalue weighted by Crippen LogP contribution is -2.65. The second-order valence-corrected chi connectivity index (χ2v) is 10.6. The van der Waals surface area contributed by atoms with Gasteiger partial charge in [0.25, 0.3) is 0 Å². The van der Waals surface area contributed by atoms with E-state index in [-0.39, 0.29) is 11.5 Å². The Morgan fingerprint density at radius 2 is 1.52 bits per heavy atom. The number of phenolic OH excluding ortho intramolecular Hbond substituents is 1. The predicted molar refractivity (Wildman–Crippen MR) is 154 cm³/mol. The van der Waals surface area contributed by atoms with Crippen LogP contribution in [0.4, 0.5) is 0 Å². The summed E-state index contributed by atoms with van der Waals surface area (Å²) < 4.78 is 48.7.